The quantitative estimate of drug-likeness (QED) is 0.716. The van der Waals surface area contributed by atoms with Gasteiger partial charge < -0.3 is 10.1 Å². The van der Waals surface area contributed by atoms with Crippen LogP contribution < -0.4 is 10.1 Å². The average Bonchev–Trinajstić information content (AvgIpc) is 2.71. The van der Waals surface area contributed by atoms with Gasteiger partial charge in [0.1, 0.15) is 18.4 Å². The number of piperidine rings is 1. The maximum Gasteiger partial charge on any atom is 0.242 e. The minimum Gasteiger partial charge on any atom is -0.492 e. The number of rotatable bonds is 8. The first-order valence-corrected chi connectivity index (χ1v) is 10.4. The van der Waals surface area contributed by atoms with Crippen molar-refractivity contribution >= 4 is 17.5 Å². The van der Waals surface area contributed by atoms with Crippen molar-refractivity contribution in [2.75, 3.05) is 40.3 Å². The Bertz CT molecular complexity index is 762. The number of ether oxygens (including phenoxy) is 1. The third-order valence-corrected chi connectivity index (χ3v) is 5.44. The van der Waals surface area contributed by atoms with Gasteiger partial charge >= 0.3 is 0 Å². The summed E-state index contributed by atoms with van der Waals surface area (Å²) in [5.74, 6) is 0.870. The number of nitrogens with zero attached hydrogens (tertiary/aromatic N) is 3. The van der Waals surface area contributed by atoms with E-state index in [2.05, 4.69) is 15.2 Å². The fraction of sp³-hybridized carbons (Fsp3) is 0.455. The Morgan fingerprint density at radius 1 is 1.28 bits per heavy atom. The van der Waals surface area contributed by atoms with Crippen molar-refractivity contribution in [3.05, 3.63) is 59.4 Å². The number of carbonyl (C=O) groups excluding carboxylic acids is 1. The van der Waals surface area contributed by atoms with E-state index in [0.29, 0.717) is 11.6 Å². The van der Waals surface area contributed by atoms with Crippen LogP contribution in [-0.2, 0) is 4.79 Å². The van der Waals surface area contributed by atoms with Crippen LogP contribution in [0.4, 0.5) is 0 Å². The molecule has 0 saturated carbocycles. The van der Waals surface area contributed by atoms with E-state index in [0.717, 1.165) is 43.8 Å². The molecule has 7 heteroatoms. The Labute approximate surface area is 177 Å². The van der Waals surface area contributed by atoms with Gasteiger partial charge in [-0.2, -0.15) is 0 Å². The Kier molecular flexibility index (Phi) is 7.86. The lowest BCUT2D eigenvalue weighted by Crippen LogP contribution is -2.48. The van der Waals surface area contributed by atoms with Crippen molar-refractivity contribution in [2.24, 2.45) is 0 Å². The van der Waals surface area contributed by atoms with Crippen LogP contribution in [0.1, 0.15) is 24.4 Å². The molecule has 29 heavy (non-hydrogen) atoms. The number of hydrogen-bond acceptors (Lipinski definition) is 5. The number of carbonyl (C=O) groups is 1. The van der Waals surface area contributed by atoms with Gasteiger partial charge in [0.25, 0.3) is 0 Å². The van der Waals surface area contributed by atoms with E-state index in [1.165, 1.54) is 0 Å². The van der Waals surface area contributed by atoms with E-state index < -0.39 is 0 Å². The van der Waals surface area contributed by atoms with Crippen molar-refractivity contribution in [3.8, 4) is 5.75 Å². The number of amides is 1. The molecule has 1 aromatic carbocycles. The summed E-state index contributed by atoms with van der Waals surface area (Å²) in [6.07, 6.45) is 5.37. The van der Waals surface area contributed by atoms with Crippen LogP contribution in [0.25, 0.3) is 0 Å². The minimum atomic E-state index is -0.325. The van der Waals surface area contributed by atoms with Gasteiger partial charge in [-0.3, -0.25) is 19.6 Å². The molecule has 0 aliphatic carbocycles. The summed E-state index contributed by atoms with van der Waals surface area (Å²) < 4.78 is 5.78. The number of nitrogens with one attached hydrogen (secondary N) is 1. The number of hydrogen-bond donors (Lipinski definition) is 1. The van der Waals surface area contributed by atoms with E-state index in [-0.39, 0.29) is 18.0 Å². The van der Waals surface area contributed by atoms with Gasteiger partial charge in [-0.25, -0.2) is 0 Å². The zero-order chi connectivity index (χ0) is 20.6. The fourth-order valence-electron chi connectivity index (χ4n) is 3.63. The largest absolute Gasteiger partial charge is 0.492 e. The first-order valence-electron chi connectivity index (χ1n) is 10.0. The summed E-state index contributed by atoms with van der Waals surface area (Å²) in [6, 6.07) is 11.1. The van der Waals surface area contributed by atoms with E-state index in [4.69, 9.17) is 16.3 Å². The summed E-state index contributed by atoms with van der Waals surface area (Å²) in [7, 11) is 3.83. The molecule has 2 aromatic rings. The summed E-state index contributed by atoms with van der Waals surface area (Å²) in [5.41, 5.74) is 0.909. The van der Waals surface area contributed by atoms with Crippen molar-refractivity contribution in [3.63, 3.8) is 0 Å². The molecule has 0 spiro atoms. The second kappa shape index (κ2) is 10.6. The van der Waals surface area contributed by atoms with Crippen LogP contribution in [0.3, 0.4) is 0 Å². The SMILES string of the molecule is CN(C)C(C(=O)NC1CCN(CCOc2ccc(Cl)cc2)CC1)c1cccnc1. The third kappa shape index (κ3) is 6.42. The zero-order valence-electron chi connectivity index (χ0n) is 17.1. The monoisotopic (exact) mass is 416 g/mol. The maximum atomic E-state index is 12.9. The van der Waals surface area contributed by atoms with Crippen LogP contribution in [-0.4, -0.2) is 67.1 Å². The molecule has 0 bridgehead atoms. The van der Waals surface area contributed by atoms with E-state index in [1.807, 2.05) is 55.4 Å². The summed E-state index contributed by atoms with van der Waals surface area (Å²) in [5, 5.41) is 3.94. The summed E-state index contributed by atoms with van der Waals surface area (Å²) >= 11 is 5.89. The van der Waals surface area contributed by atoms with Crippen LogP contribution in [0.5, 0.6) is 5.75 Å². The lowest BCUT2D eigenvalue weighted by Gasteiger charge is -2.33. The molecule has 6 nitrogen and oxygen atoms in total. The molecule has 1 unspecified atom stereocenters. The van der Waals surface area contributed by atoms with Crippen LogP contribution in [0, 0.1) is 0 Å². The van der Waals surface area contributed by atoms with E-state index >= 15 is 0 Å². The molecule has 1 atom stereocenters. The van der Waals surface area contributed by atoms with Gasteiger partial charge in [0, 0.05) is 43.1 Å². The average molecular weight is 417 g/mol. The van der Waals surface area contributed by atoms with Gasteiger partial charge in [-0.1, -0.05) is 17.7 Å². The van der Waals surface area contributed by atoms with Crippen LogP contribution in [0.15, 0.2) is 48.8 Å². The number of benzene rings is 1. The van der Waals surface area contributed by atoms with Gasteiger partial charge in [0.2, 0.25) is 5.91 Å². The molecule has 1 aliphatic rings. The number of aromatic nitrogens is 1. The minimum absolute atomic E-state index is 0.0347. The van der Waals surface area contributed by atoms with E-state index in [1.54, 1.807) is 12.4 Å². The topological polar surface area (TPSA) is 57.7 Å². The third-order valence-electron chi connectivity index (χ3n) is 5.19. The molecular weight excluding hydrogens is 388 g/mol. The fourth-order valence-corrected chi connectivity index (χ4v) is 3.75. The second-order valence-electron chi connectivity index (χ2n) is 7.58. The molecule has 1 fully saturated rings. The molecule has 2 heterocycles. The number of halogens is 1. The molecule has 1 aromatic heterocycles. The van der Waals surface area contributed by atoms with Crippen molar-refractivity contribution in [1.82, 2.24) is 20.1 Å². The Morgan fingerprint density at radius 2 is 2.00 bits per heavy atom. The van der Waals surface area contributed by atoms with E-state index in [9.17, 15) is 4.79 Å². The molecule has 156 valence electrons. The van der Waals surface area contributed by atoms with Gasteiger partial charge in [0.05, 0.1) is 0 Å². The Morgan fingerprint density at radius 3 is 2.62 bits per heavy atom. The lowest BCUT2D eigenvalue weighted by atomic mass is 10.0. The number of likely N-dealkylation sites (N-methyl/N-ethyl adjacent to an activating group) is 1. The van der Waals surface area contributed by atoms with Crippen molar-refractivity contribution < 1.29 is 9.53 Å². The first kappa shape index (κ1) is 21.6. The van der Waals surface area contributed by atoms with Gasteiger partial charge in [-0.05, 0) is 62.8 Å². The number of pyridine rings is 1. The predicted molar refractivity (Wildman–Crippen MR) is 115 cm³/mol. The molecule has 1 N–H and O–H groups in total. The highest BCUT2D eigenvalue weighted by atomic mass is 35.5. The van der Waals surface area contributed by atoms with Gasteiger partial charge in [-0.15, -0.1) is 0 Å². The highest BCUT2D eigenvalue weighted by Gasteiger charge is 2.27. The predicted octanol–water partition coefficient (Wildman–Crippen LogP) is 3.00. The Hall–Kier alpha value is -2.15. The lowest BCUT2D eigenvalue weighted by molar-refractivity contribution is -0.126. The molecule has 0 radical (unpaired) electrons. The molecule has 1 saturated heterocycles. The first-order chi connectivity index (χ1) is 14.0. The Balaban J connectivity index is 1.41. The smallest absolute Gasteiger partial charge is 0.242 e. The number of likely N-dealkylation sites (tertiary alicyclic amines) is 1. The maximum absolute atomic E-state index is 12.9. The van der Waals surface area contributed by atoms with Crippen molar-refractivity contribution in [2.45, 2.75) is 24.9 Å². The highest BCUT2D eigenvalue weighted by molar-refractivity contribution is 6.30. The summed E-state index contributed by atoms with van der Waals surface area (Å²) in [4.78, 5) is 21.3. The van der Waals surface area contributed by atoms with Crippen LogP contribution in [0.2, 0.25) is 5.02 Å². The van der Waals surface area contributed by atoms with Crippen LogP contribution >= 0.6 is 11.6 Å². The standard InChI is InChI=1S/C22H29ClN4O2/c1-26(2)21(17-4-3-11-24-16-17)22(28)25-19-9-12-27(13-10-19)14-15-29-20-7-5-18(23)6-8-20/h3-8,11,16,19,21H,9-10,12-15H2,1-2H3,(H,25,28). The van der Waals surface area contributed by atoms with Gasteiger partial charge in [0.15, 0.2) is 0 Å². The second-order valence-corrected chi connectivity index (χ2v) is 8.02. The normalized spacial score (nSPS) is 16.6. The molecule has 3 rings (SSSR count). The zero-order valence-corrected chi connectivity index (χ0v) is 17.8. The molecular formula is C22H29ClN4O2. The highest BCUT2D eigenvalue weighted by Crippen LogP contribution is 2.19. The molecule has 1 aliphatic heterocycles. The van der Waals surface area contributed by atoms with Crippen molar-refractivity contribution in [1.29, 1.82) is 0 Å². The molecule has 1 amide bonds. The summed E-state index contributed by atoms with van der Waals surface area (Å²) in [6.45, 7) is 3.42.